The summed E-state index contributed by atoms with van der Waals surface area (Å²) in [5.41, 5.74) is -0.231. The van der Waals surface area contributed by atoms with Crippen molar-refractivity contribution in [2.45, 2.75) is 0 Å². The third kappa shape index (κ3) is 4.12. The van der Waals surface area contributed by atoms with Gasteiger partial charge < -0.3 is 10.1 Å². The number of carbonyl (C=O) groups excluding carboxylic acids is 2. The van der Waals surface area contributed by atoms with Gasteiger partial charge in [-0.2, -0.15) is 0 Å². The number of hydrogen-bond donors (Lipinski definition) is 1. The van der Waals surface area contributed by atoms with Crippen molar-refractivity contribution < 1.29 is 19.2 Å². The van der Waals surface area contributed by atoms with Crippen LogP contribution in [0.4, 0.5) is 5.69 Å². The summed E-state index contributed by atoms with van der Waals surface area (Å²) < 4.78 is 5.02. The molecule has 0 radical (unpaired) electrons. The summed E-state index contributed by atoms with van der Waals surface area (Å²) in [5, 5.41) is 13.1. The van der Waals surface area contributed by atoms with Crippen molar-refractivity contribution in [2.75, 3.05) is 13.2 Å². The van der Waals surface area contributed by atoms with Gasteiger partial charge in [-0.05, 0) is 12.1 Å². The van der Waals surface area contributed by atoms with E-state index in [0.717, 1.165) is 6.07 Å². The highest BCUT2D eigenvalue weighted by atomic mass is 16.6. The van der Waals surface area contributed by atoms with Gasteiger partial charge in [-0.25, -0.2) is 0 Å². The Hall–Kier alpha value is -2.88. The van der Waals surface area contributed by atoms with Crippen molar-refractivity contribution in [3.8, 4) is 18.1 Å². The summed E-state index contributed by atoms with van der Waals surface area (Å²) in [6.07, 6.45) is 5.43. The number of benzene rings is 1. The molecule has 98 valence electrons. The molecule has 0 aliphatic carbocycles. The number of terminal acetylenes is 1. The van der Waals surface area contributed by atoms with E-state index in [1.165, 1.54) is 12.1 Å². The second kappa shape index (κ2) is 6.76. The fraction of sp³-hybridized carbons (Fsp3) is 0.167. The molecule has 0 saturated carbocycles. The predicted octanol–water partition coefficient (Wildman–Crippen LogP) is 0.535. The molecule has 1 aromatic carbocycles. The maximum atomic E-state index is 11.2. The van der Waals surface area contributed by atoms with E-state index in [9.17, 15) is 19.7 Å². The van der Waals surface area contributed by atoms with Gasteiger partial charge in [0, 0.05) is 11.6 Å². The summed E-state index contributed by atoms with van der Waals surface area (Å²) in [7, 11) is 0. The lowest BCUT2D eigenvalue weighted by Crippen LogP contribution is -2.29. The van der Waals surface area contributed by atoms with E-state index in [-0.39, 0.29) is 23.5 Å². The molecule has 1 aromatic rings. The Kier molecular flexibility index (Phi) is 5.04. The summed E-state index contributed by atoms with van der Waals surface area (Å²) >= 11 is 0. The Morgan fingerprint density at radius 3 is 2.89 bits per heavy atom. The molecule has 1 amide bonds. The minimum Gasteiger partial charge on any atom is -0.477 e. The molecule has 7 nitrogen and oxygen atoms in total. The molecule has 7 heteroatoms. The first-order valence-corrected chi connectivity index (χ1v) is 5.15. The van der Waals surface area contributed by atoms with Gasteiger partial charge in [-0.15, -0.1) is 6.42 Å². The predicted molar refractivity (Wildman–Crippen MR) is 65.8 cm³/mol. The minimum absolute atomic E-state index is 0.0500. The van der Waals surface area contributed by atoms with E-state index in [4.69, 9.17) is 11.2 Å². The lowest BCUT2D eigenvalue weighted by atomic mass is 10.2. The van der Waals surface area contributed by atoms with Gasteiger partial charge >= 0.3 is 5.69 Å². The molecule has 1 rings (SSSR count). The van der Waals surface area contributed by atoms with Gasteiger partial charge in [-0.3, -0.25) is 19.7 Å². The van der Waals surface area contributed by atoms with E-state index in [1.807, 2.05) is 0 Å². The maximum absolute atomic E-state index is 11.2. The largest absolute Gasteiger partial charge is 0.477 e. The summed E-state index contributed by atoms with van der Waals surface area (Å²) in [4.78, 5) is 31.8. The van der Waals surface area contributed by atoms with Crippen LogP contribution in [0.1, 0.15) is 10.4 Å². The van der Waals surface area contributed by atoms with Crippen LogP contribution in [0.3, 0.4) is 0 Å². The Labute approximate surface area is 108 Å². The topological polar surface area (TPSA) is 98.5 Å². The van der Waals surface area contributed by atoms with E-state index >= 15 is 0 Å². The molecule has 0 atom stereocenters. The van der Waals surface area contributed by atoms with Gasteiger partial charge in [0.25, 0.3) is 5.91 Å². The molecule has 0 aliphatic heterocycles. The van der Waals surface area contributed by atoms with Crippen LogP contribution in [0, 0.1) is 22.5 Å². The summed E-state index contributed by atoms with van der Waals surface area (Å²) in [5.74, 6) is 1.62. The van der Waals surface area contributed by atoms with Crippen LogP contribution in [-0.4, -0.2) is 30.3 Å². The van der Waals surface area contributed by atoms with Crippen LogP contribution < -0.4 is 10.1 Å². The zero-order valence-electron chi connectivity index (χ0n) is 9.79. The molecular weight excluding hydrogens is 252 g/mol. The van der Waals surface area contributed by atoms with Crippen LogP contribution in [0.2, 0.25) is 0 Å². The Morgan fingerprint density at radius 1 is 1.58 bits per heavy atom. The standard InChI is InChI=1S/C12H10N2O5/c1-2-5-13-12(16)8-19-11-4-3-9(7-15)6-10(11)14(17)18/h1,3-4,6-7H,5,8H2,(H,13,16). The number of nitrogens with zero attached hydrogens (tertiary/aromatic N) is 1. The first-order chi connectivity index (χ1) is 9.08. The Balaban J connectivity index is 2.78. The van der Waals surface area contributed by atoms with Crippen molar-refractivity contribution in [1.29, 1.82) is 0 Å². The highest BCUT2D eigenvalue weighted by Gasteiger charge is 2.16. The maximum Gasteiger partial charge on any atom is 0.311 e. The number of carbonyl (C=O) groups is 2. The molecule has 0 fully saturated rings. The van der Waals surface area contributed by atoms with Crippen LogP contribution in [-0.2, 0) is 4.79 Å². The molecule has 0 saturated heterocycles. The summed E-state index contributed by atoms with van der Waals surface area (Å²) in [6.45, 7) is -0.350. The number of nitrogens with one attached hydrogen (secondary N) is 1. The fourth-order valence-electron chi connectivity index (χ4n) is 1.22. The number of hydrogen-bond acceptors (Lipinski definition) is 5. The number of rotatable bonds is 6. The average Bonchev–Trinajstić information content (AvgIpc) is 2.42. The van der Waals surface area contributed by atoms with Crippen LogP contribution in [0.25, 0.3) is 0 Å². The third-order valence-corrected chi connectivity index (χ3v) is 2.06. The van der Waals surface area contributed by atoms with Gasteiger partial charge in [-0.1, -0.05) is 5.92 Å². The Morgan fingerprint density at radius 2 is 2.32 bits per heavy atom. The van der Waals surface area contributed by atoms with Crippen molar-refractivity contribution in [3.63, 3.8) is 0 Å². The van der Waals surface area contributed by atoms with Gasteiger partial charge in [0.05, 0.1) is 11.5 Å². The van der Waals surface area contributed by atoms with E-state index in [0.29, 0.717) is 6.29 Å². The molecule has 0 heterocycles. The molecular formula is C12H10N2O5. The minimum atomic E-state index is -0.693. The van der Waals surface area contributed by atoms with E-state index in [2.05, 4.69) is 11.2 Å². The average molecular weight is 262 g/mol. The molecule has 0 aromatic heterocycles. The van der Waals surface area contributed by atoms with Gasteiger partial charge in [0.2, 0.25) is 0 Å². The third-order valence-electron chi connectivity index (χ3n) is 2.06. The summed E-state index contributed by atoms with van der Waals surface area (Å²) in [6, 6.07) is 3.69. The molecule has 1 N–H and O–H groups in total. The molecule has 0 unspecified atom stereocenters. The molecule has 19 heavy (non-hydrogen) atoms. The second-order valence-electron chi connectivity index (χ2n) is 3.37. The van der Waals surface area contributed by atoms with Crippen molar-refractivity contribution in [2.24, 2.45) is 0 Å². The molecule has 0 aliphatic rings. The number of amides is 1. The van der Waals surface area contributed by atoms with Crippen LogP contribution >= 0.6 is 0 Å². The monoisotopic (exact) mass is 262 g/mol. The first kappa shape index (κ1) is 14.2. The van der Waals surface area contributed by atoms with E-state index < -0.39 is 17.4 Å². The molecule has 0 bridgehead atoms. The fourth-order valence-corrected chi connectivity index (χ4v) is 1.22. The van der Waals surface area contributed by atoms with Crippen molar-refractivity contribution in [1.82, 2.24) is 5.32 Å². The number of nitro groups is 1. The van der Waals surface area contributed by atoms with E-state index in [1.54, 1.807) is 0 Å². The zero-order valence-corrected chi connectivity index (χ0v) is 9.79. The highest BCUT2D eigenvalue weighted by Crippen LogP contribution is 2.27. The van der Waals surface area contributed by atoms with Crippen LogP contribution in [0.5, 0.6) is 5.75 Å². The second-order valence-corrected chi connectivity index (χ2v) is 3.37. The highest BCUT2D eigenvalue weighted by molar-refractivity contribution is 5.79. The lowest BCUT2D eigenvalue weighted by molar-refractivity contribution is -0.385. The van der Waals surface area contributed by atoms with Crippen LogP contribution in [0.15, 0.2) is 18.2 Å². The quantitative estimate of drug-likeness (QED) is 0.349. The van der Waals surface area contributed by atoms with Gasteiger partial charge in [0.15, 0.2) is 12.4 Å². The molecule has 0 spiro atoms. The number of nitro benzene ring substituents is 1. The smallest absolute Gasteiger partial charge is 0.311 e. The zero-order chi connectivity index (χ0) is 14.3. The first-order valence-electron chi connectivity index (χ1n) is 5.15. The Bertz CT molecular complexity index is 548. The number of ether oxygens (including phenoxy) is 1. The van der Waals surface area contributed by atoms with Crippen molar-refractivity contribution >= 4 is 17.9 Å². The normalized spacial score (nSPS) is 9.21. The van der Waals surface area contributed by atoms with Crippen molar-refractivity contribution in [3.05, 3.63) is 33.9 Å². The van der Waals surface area contributed by atoms with Gasteiger partial charge in [0.1, 0.15) is 6.29 Å². The lowest BCUT2D eigenvalue weighted by Gasteiger charge is -2.06. The SMILES string of the molecule is C#CCNC(=O)COc1ccc(C=O)cc1[N+](=O)[O-]. The number of aldehydes is 1.